The van der Waals surface area contributed by atoms with Crippen LogP contribution in [0.5, 0.6) is 0 Å². The summed E-state index contributed by atoms with van der Waals surface area (Å²) in [5.41, 5.74) is -1.46. The number of azo groups is 1. The maximum absolute atomic E-state index is 13.8. The minimum absolute atomic E-state index is 0.107. The standard InChI is InChI=1S/C16H9F9N2/c17-13(18,14(19,20)15(21,22)16(23,24)25)10-6-8-12(9-7-10)27-26-11-4-2-1-3-5-11/h1-9H. The van der Waals surface area contributed by atoms with Crippen molar-refractivity contribution in [2.75, 3.05) is 0 Å². The van der Waals surface area contributed by atoms with Gasteiger partial charge in [0.05, 0.1) is 11.4 Å². The van der Waals surface area contributed by atoms with Gasteiger partial charge in [0.15, 0.2) is 0 Å². The van der Waals surface area contributed by atoms with E-state index < -0.39 is 29.5 Å². The van der Waals surface area contributed by atoms with Gasteiger partial charge < -0.3 is 0 Å². The summed E-state index contributed by atoms with van der Waals surface area (Å²) in [7, 11) is 0. The molecule has 0 spiro atoms. The van der Waals surface area contributed by atoms with E-state index in [2.05, 4.69) is 10.2 Å². The molecule has 0 saturated heterocycles. The van der Waals surface area contributed by atoms with E-state index in [0.29, 0.717) is 5.69 Å². The molecule has 0 aliphatic heterocycles. The van der Waals surface area contributed by atoms with Crippen molar-refractivity contribution in [2.45, 2.75) is 23.9 Å². The minimum atomic E-state index is -6.94. The zero-order valence-electron chi connectivity index (χ0n) is 13.0. The molecule has 2 nitrogen and oxygen atoms in total. The van der Waals surface area contributed by atoms with Gasteiger partial charge in [0.25, 0.3) is 0 Å². The summed E-state index contributed by atoms with van der Waals surface area (Å²) in [5, 5.41) is 7.32. The molecule has 0 heterocycles. The molecular weight excluding hydrogens is 391 g/mol. The molecule has 0 amide bonds. The highest BCUT2D eigenvalue weighted by atomic mass is 19.4. The minimum Gasteiger partial charge on any atom is -0.194 e. The first-order chi connectivity index (χ1) is 12.3. The van der Waals surface area contributed by atoms with Crippen molar-refractivity contribution in [1.82, 2.24) is 0 Å². The molecule has 2 aromatic rings. The van der Waals surface area contributed by atoms with Gasteiger partial charge in [-0.1, -0.05) is 30.3 Å². The second-order valence-corrected chi connectivity index (χ2v) is 5.30. The molecule has 0 fully saturated rings. The highest BCUT2D eigenvalue weighted by Crippen LogP contribution is 2.56. The van der Waals surface area contributed by atoms with Gasteiger partial charge in [0.1, 0.15) is 0 Å². The number of alkyl halides is 9. The molecule has 27 heavy (non-hydrogen) atoms. The SMILES string of the molecule is FC(F)(F)C(F)(F)C(F)(F)C(F)(F)c1ccc(N=Nc2ccccc2)cc1. The van der Waals surface area contributed by atoms with E-state index in [1.807, 2.05) is 0 Å². The number of benzene rings is 2. The zero-order valence-corrected chi connectivity index (χ0v) is 13.0. The van der Waals surface area contributed by atoms with E-state index in [-0.39, 0.29) is 17.8 Å². The summed E-state index contributed by atoms with van der Waals surface area (Å²) in [5.74, 6) is -19.4. The lowest BCUT2D eigenvalue weighted by atomic mass is 9.96. The lowest BCUT2D eigenvalue weighted by Crippen LogP contribution is -2.59. The zero-order chi connectivity index (χ0) is 20.5. The van der Waals surface area contributed by atoms with E-state index in [1.165, 1.54) is 0 Å². The molecule has 0 N–H and O–H groups in total. The van der Waals surface area contributed by atoms with Gasteiger partial charge >= 0.3 is 23.9 Å². The Kier molecular flexibility index (Phi) is 5.26. The molecule has 0 aromatic heterocycles. The lowest BCUT2D eigenvalue weighted by Gasteiger charge is -2.33. The molecular formula is C16H9F9N2. The Morgan fingerprint density at radius 1 is 0.519 bits per heavy atom. The predicted molar refractivity (Wildman–Crippen MR) is 76.9 cm³/mol. The number of rotatable bonds is 5. The van der Waals surface area contributed by atoms with Crippen molar-refractivity contribution in [3.8, 4) is 0 Å². The van der Waals surface area contributed by atoms with E-state index in [9.17, 15) is 39.5 Å². The van der Waals surface area contributed by atoms with Crippen molar-refractivity contribution in [1.29, 1.82) is 0 Å². The van der Waals surface area contributed by atoms with Crippen LogP contribution in [0.15, 0.2) is 64.8 Å². The van der Waals surface area contributed by atoms with Crippen molar-refractivity contribution in [3.63, 3.8) is 0 Å². The van der Waals surface area contributed by atoms with Crippen LogP contribution in [0.1, 0.15) is 5.56 Å². The first-order valence-electron chi connectivity index (χ1n) is 7.08. The van der Waals surface area contributed by atoms with E-state index in [4.69, 9.17) is 0 Å². The Morgan fingerprint density at radius 3 is 1.41 bits per heavy atom. The van der Waals surface area contributed by atoms with Gasteiger partial charge in [-0.15, -0.1) is 0 Å². The van der Waals surface area contributed by atoms with Gasteiger partial charge in [0, 0.05) is 5.56 Å². The average Bonchev–Trinajstić information content (AvgIpc) is 2.60. The van der Waals surface area contributed by atoms with Crippen molar-refractivity contribution >= 4 is 11.4 Å². The summed E-state index contributed by atoms with van der Waals surface area (Å²) < 4.78 is 116. The first kappa shape index (κ1) is 20.7. The van der Waals surface area contributed by atoms with Gasteiger partial charge in [-0.3, -0.25) is 0 Å². The van der Waals surface area contributed by atoms with Crippen molar-refractivity contribution < 1.29 is 39.5 Å². The van der Waals surface area contributed by atoms with Crippen LogP contribution in [0.25, 0.3) is 0 Å². The smallest absolute Gasteiger partial charge is 0.194 e. The van der Waals surface area contributed by atoms with Crippen molar-refractivity contribution in [2.24, 2.45) is 10.2 Å². The molecule has 0 radical (unpaired) electrons. The van der Waals surface area contributed by atoms with Crippen LogP contribution < -0.4 is 0 Å². The molecule has 2 rings (SSSR count). The normalized spacial score (nSPS) is 14.0. The highest BCUT2D eigenvalue weighted by molar-refractivity contribution is 5.42. The lowest BCUT2D eigenvalue weighted by molar-refractivity contribution is -0.399. The summed E-state index contributed by atoms with van der Waals surface area (Å²) in [6, 6.07) is 10.1. The van der Waals surface area contributed by atoms with Crippen LogP contribution in [0, 0.1) is 0 Å². The Morgan fingerprint density at radius 2 is 0.963 bits per heavy atom. The highest BCUT2D eigenvalue weighted by Gasteiger charge is 2.81. The van der Waals surface area contributed by atoms with Crippen molar-refractivity contribution in [3.05, 3.63) is 60.2 Å². The molecule has 0 atom stereocenters. The summed E-state index contributed by atoms with van der Waals surface area (Å²) >= 11 is 0. The van der Waals surface area contributed by atoms with E-state index >= 15 is 0 Å². The Balaban J connectivity index is 2.30. The van der Waals surface area contributed by atoms with E-state index in [1.54, 1.807) is 30.3 Å². The van der Waals surface area contributed by atoms with Gasteiger partial charge in [-0.05, 0) is 24.3 Å². The second-order valence-electron chi connectivity index (χ2n) is 5.30. The van der Waals surface area contributed by atoms with E-state index in [0.717, 1.165) is 12.1 Å². The Bertz CT molecular complexity index is 797. The van der Waals surface area contributed by atoms with Crippen LogP contribution in [-0.2, 0) is 5.92 Å². The Hall–Kier alpha value is -2.59. The molecule has 0 unspecified atom stereocenters. The molecule has 11 heteroatoms. The molecule has 0 saturated carbocycles. The van der Waals surface area contributed by atoms with Crippen LogP contribution in [0.2, 0.25) is 0 Å². The summed E-state index contributed by atoms with van der Waals surface area (Å²) in [4.78, 5) is 0. The number of nitrogens with zero attached hydrogens (tertiary/aromatic N) is 2. The fourth-order valence-corrected chi connectivity index (χ4v) is 1.90. The maximum atomic E-state index is 13.8. The second kappa shape index (κ2) is 6.86. The molecule has 0 aliphatic rings. The molecule has 0 aliphatic carbocycles. The number of hydrogen-bond acceptors (Lipinski definition) is 2. The topological polar surface area (TPSA) is 24.7 Å². The van der Waals surface area contributed by atoms with Gasteiger partial charge in [-0.25, -0.2) is 0 Å². The molecule has 0 bridgehead atoms. The number of hydrogen-bond donors (Lipinski definition) is 0. The predicted octanol–water partition coefficient (Wildman–Crippen LogP) is 7.03. The van der Waals surface area contributed by atoms with Gasteiger partial charge in [-0.2, -0.15) is 49.7 Å². The average molecular weight is 400 g/mol. The summed E-state index contributed by atoms with van der Waals surface area (Å²) in [6.45, 7) is 0. The van der Waals surface area contributed by atoms with Crippen LogP contribution in [0.4, 0.5) is 50.9 Å². The summed E-state index contributed by atoms with van der Waals surface area (Å²) in [6.07, 6.45) is -6.86. The third-order valence-electron chi connectivity index (χ3n) is 3.41. The third-order valence-corrected chi connectivity index (χ3v) is 3.41. The largest absolute Gasteiger partial charge is 0.460 e. The van der Waals surface area contributed by atoms with Crippen LogP contribution in [-0.4, -0.2) is 18.0 Å². The third kappa shape index (κ3) is 3.76. The monoisotopic (exact) mass is 400 g/mol. The fraction of sp³-hybridized carbons (Fsp3) is 0.250. The quantitative estimate of drug-likeness (QED) is 0.380. The van der Waals surface area contributed by atoms with Crippen LogP contribution >= 0.6 is 0 Å². The first-order valence-corrected chi connectivity index (χ1v) is 7.08. The molecule has 2 aromatic carbocycles. The van der Waals surface area contributed by atoms with Gasteiger partial charge in [0.2, 0.25) is 0 Å². The fourth-order valence-electron chi connectivity index (χ4n) is 1.90. The maximum Gasteiger partial charge on any atom is 0.460 e. The Labute approximate surface area is 146 Å². The number of halogens is 9. The van der Waals surface area contributed by atoms with Crippen LogP contribution in [0.3, 0.4) is 0 Å². The molecule has 146 valence electrons.